The van der Waals surface area contributed by atoms with Gasteiger partial charge in [0.15, 0.2) is 0 Å². The van der Waals surface area contributed by atoms with Gasteiger partial charge in [-0.3, -0.25) is 4.98 Å². The number of nitrogens with one attached hydrogen (secondary N) is 2. The monoisotopic (exact) mass is 456 g/mol. The standard InChI is InChI=1S/C22H25BrN4O2/c1-22(2,3)29-21(28)25-11-10-14-4-7-16(8-5-14)27-20-17-12-15(23)6-9-19(17)26-13-18(20)24/h4-9,12-13H,10-11,24H2,1-3H3,(H,25,28)(H,26,27). The number of carbonyl (C=O) groups excluding carboxylic acids is 1. The van der Waals surface area contributed by atoms with Crippen molar-refractivity contribution < 1.29 is 9.53 Å². The van der Waals surface area contributed by atoms with Gasteiger partial charge in [-0.2, -0.15) is 0 Å². The third-order valence-electron chi connectivity index (χ3n) is 4.16. The number of nitrogens with zero attached hydrogens (tertiary/aromatic N) is 1. The Bertz CT molecular complexity index is 1010. The molecule has 1 amide bonds. The molecule has 7 heteroatoms. The zero-order valence-corrected chi connectivity index (χ0v) is 18.3. The number of hydrogen-bond acceptors (Lipinski definition) is 5. The Balaban J connectivity index is 1.64. The largest absolute Gasteiger partial charge is 0.444 e. The molecule has 0 atom stereocenters. The van der Waals surface area contributed by atoms with E-state index in [1.165, 1.54) is 0 Å². The van der Waals surface area contributed by atoms with Crippen molar-refractivity contribution in [3.63, 3.8) is 0 Å². The highest BCUT2D eigenvalue weighted by Gasteiger charge is 2.15. The molecule has 0 fully saturated rings. The summed E-state index contributed by atoms with van der Waals surface area (Å²) in [4.78, 5) is 16.1. The van der Waals surface area contributed by atoms with Gasteiger partial charge in [0.1, 0.15) is 5.60 Å². The average molecular weight is 457 g/mol. The van der Waals surface area contributed by atoms with Crippen LogP contribution in [0, 0.1) is 0 Å². The Hall–Kier alpha value is -2.80. The van der Waals surface area contributed by atoms with Crippen molar-refractivity contribution in [2.75, 3.05) is 17.6 Å². The minimum absolute atomic E-state index is 0.401. The van der Waals surface area contributed by atoms with E-state index in [0.717, 1.165) is 32.3 Å². The van der Waals surface area contributed by atoms with Crippen molar-refractivity contribution in [2.45, 2.75) is 32.8 Å². The maximum absolute atomic E-state index is 11.7. The summed E-state index contributed by atoms with van der Waals surface area (Å²) < 4.78 is 6.20. The molecule has 0 unspecified atom stereocenters. The second-order valence-electron chi connectivity index (χ2n) is 7.75. The number of carbonyl (C=O) groups is 1. The number of fused-ring (bicyclic) bond motifs is 1. The highest BCUT2D eigenvalue weighted by molar-refractivity contribution is 9.10. The van der Waals surface area contributed by atoms with E-state index in [2.05, 4.69) is 31.5 Å². The van der Waals surface area contributed by atoms with Gasteiger partial charge in [0, 0.05) is 22.1 Å². The summed E-state index contributed by atoms with van der Waals surface area (Å²) in [6.45, 7) is 6.04. The molecule has 4 N–H and O–H groups in total. The van der Waals surface area contributed by atoms with Crippen molar-refractivity contribution in [2.24, 2.45) is 0 Å². The van der Waals surface area contributed by atoms with Crippen LogP contribution in [0.2, 0.25) is 0 Å². The zero-order valence-electron chi connectivity index (χ0n) is 16.8. The average Bonchev–Trinajstić information content (AvgIpc) is 2.64. The molecule has 0 aliphatic carbocycles. The van der Waals surface area contributed by atoms with Crippen molar-refractivity contribution in [3.8, 4) is 0 Å². The van der Waals surface area contributed by atoms with Crippen LogP contribution in [0.3, 0.4) is 0 Å². The Morgan fingerprint density at radius 1 is 1.17 bits per heavy atom. The first-order valence-corrected chi connectivity index (χ1v) is 10.2. The molecule has 29 heavy (non-hydrogen) atoms. The molecule has 3 aromatic rings. The minimum Gasteiger partial charge on any atom is -0.444 e. The minimum atomic E-state index is -0.494. The molecule has 0 aliphatic rings. The lowest BCUT2D eigenvalue weighted by atomic mass is 10.1. The van der Waals surface area contributed by atoms with E-state index >= 15 is 0 Å². The Morgan fingerprint density at radius 2 is 1.90 bits per heavy atom. The van der Waals surface area contributed by atoms with E-state index in [0.29, 0.717) is 18.7 Å². The van der Waals surface area contributed by atoms with E-state index < -0.39 is 11.7 Å². The molecule has 0 saturated carbocycles. The molecule has 0 saturated heterocycles. The van der Waals surface area contributed by atoms with Crippen molar-refractivity contribution in [1.82, 2.24) is 10.3 Å². The highest BCUT2D eigenvalue weighted by Crippen LogP contribution is 2.32. The Labute approximate surface area is 179 Å². The van der Waals surface area contributed by atoms with E-state index in [9.17, 15) is 4.79 Å². The molecule has 1 aromatic heterocycles. The number of ether oxygens (including phenoxy) is 1. The quantitative estimate of drug-likeness (QED) is 0.478. The molecular weight excluding hydrogens is 432 g/mol. The van der Waals surface area contributed by atoms with Crippen LogP contribution in [0.1, 0.15) is 26.3 Å². The van der Waals surface area contributed by atoms with Gasteiger partial charge in [-0.15, -0.1) is 0 Å². The summed E-state index contributed by atoms with van der Waals surface area (Å²) in [5.74, 6) is 0. The van der Waals surface area contributed by atoms with Crippen molar-refractivity contribution in [1.29, 1.82) is 0 Å². The lowest BCUT2D eigenvalue weighted by Crippen LogP contribution is -2.33. The van der Waals surface area contributed by atoms with Crippen LogP contribution in [0.25, 0.3) is 10.9 Å². The predicted molar refractivity (Wildman–Crippen MR) is 122 cm³/mol. The molecule has 0 aliphatic heterocycles. The van der Waals surface area contributed by atoms with Gasteiger partial charge in [-0.25, -0.2) is 4.79 Å². The lowest BCUT2D eigenvalue weighted by molar-refractivity contribution is 0.0528. The first-order chi connectivity index (χ1) is 13.7. The van der Waals surface area contributed by atoms with Gasteiger partial charge >= 0.3 is 6.09 Å². The summed E-state index contributed by atoms with van der Waals surface area (Å²) in [7, 11) is 0. The van der Waals surface area contributed by atoms with E-state index in [1.54, 1.807) is 6.20 Å². The number of amides is 1. The van der Waals surface area contributed by atoms with Crippen LogP contribution < -0.4 is 16.4 Å². The normalized spacial score (nSPS) is 11.3. The first-order valence-electron chi connectivity index (χ1n) is 9.38. The number of rotatable bonds is 5. The maximum Gasteiger partial charge on any atom is 0.407 e. The summed E-state index contributed by atoms with van der Waals surface area (Å²) in [5, 5.41) is 7.11. The van der Waals surface area contributed by atoms with Gasteiger partial charge in [-0.05, 0) is 63.1 Å². The van der Waals surface area contributed by atoms with Crippen LogP contribution in [0.5, 0.6) is 0 Å². The highest BCUT2D eigenvalue weighted by atomic mass is 79.9. The van der Waals surface area contributed by atoms with Crippen LogP contribution in [-0.2, 0) is 11.2 Å². The summed E-state index contributed by atoms with van der Waals surface area (Å²) in [6, 6.07) is 13.9. The predicted octanol–water partition coefficient (Wildman–Crippen LogP) is 5.39. The number of anilines is 3. The van der Waals surface area contributed by atoms with Gasteiger partial charge in [0.2, 0.25) is 0 Å². The molecule has 6 nitrogen and oxygen atoms in total. The topological polar surface area (TPSA) is 89.3 Å². The van der Waals surface area contributed by atoms with E-state index in [-0.39, 0.29) is 0 Å². The number of nitrogens with two attached hydrogens (primary N) is 1. The fourth-order valence-corrected chi connectivity index (χ4v) is 3.20. The van der Waals surface area contributed by atoms with Gasteiger partial charge in [0.05, 0.1) is 23.1 Å². The fraction of sp³-hybridized carbons (Fsp3) is 0.273. The van der Waals surface area contributed by atoms with Crippen LogP contribution in [0.4, 0.5) is 21.9 Å². The summed E-state index contributed by atoms with van der Waals surface area (Å²) >= 11 is 3.50. The Kier molecular flexibility index (Phi) is 6.27. The van der Waals surface area contributed by atoms with Crippen LogP contribution in [0.15, 0.2) is 53.1 Å². The van der Waals surface area contributed by atoms with E-state index in [4.69, 9.17) is 10.5 Å². The summed E-state index contributed by atoms with van der Waals surface area (Å²) in [6.07, 6.45) is 1.98. The number of benzene rings is 2. The number of hydrogen-bond donors (Lipinski definition) is 3. The molecule has 1 heterocycles. The molecule has 0 radical (unpaired) electrons. The smallest absolute Gasteiger partial charge is 0.407 e. The molecular formula is C22H25BrN4O2. The zero-order chi connectivity index (χ0) is 21.0. The van der Waals surface area contributed by atoms with E-state index in [1.807, 2.05) is 63.2 Å². The van der Waals surface area contributed by atoms with Crippen LogP contribution >= 0.6 is 15.9 Å². The molecule has 152 valence electrons. The van der Waals surface area contributed by atoms with Gasteiger partial charge < -0.3 is 21.1 Å². The number of pyridine rings is 1. The van der Waals surface area contributed by atoms with Gasteiger partial charge in [0.25, 0.3) is 0 Å². The number of nitrogen functional groups attached to an aromatic ring is 1. The molecule has 2 aromatic carbocycles. The van der Waals surface area contributed by atoms with Crippen molar-refractivity contribution >= 4 is 50.0 Å². The van der Waals surface area contributed by atoms with Gasteiger partial charge in [-0.1, -0.05) is 28.1 Å². The van der Waals surface area contributed by atoms with Crippen molar-refractivity contribution in [3.05, 3.63) is 58.7 Å². The summed E-state index contributed by atoms with van der Waals surface area (Å²) in [5.41, 5.74) is 9.99. The Morgan fingerprint density at radius 3 is 2.59 bits per heavy atom. The SMILES string of the molecule is CC(C)(C)OC(=O)NCCc1ccc(Nc2c(N)cnc3ccc(Br)cc23)cc1. The fourth-order valence-electron chi connectivity index (χ4n) is 2.84. The number of aromatic nitrogens is 1. The number of alkyl carbamates (subject to hydrolysis) is 1. The molecule has 0 spiro atoms. The first kappa shape index (κ1) is 20.9. The second-order valence-corrected chi connectivity index (χ2v) is 8.67. The molecule has 0 bridgehead atoms. The third-order valence-corrected chi connectivity index (χ3v) is 4.66. The maximum atomic E-state index is 11.7. The lowest BCUT2D eigenvalue weighted by Gasteiger charge is -2.19. The third kappa shape index (κ3) is 5.84. The number of halogens is 1. The second kappa shape index (κ2) is 8.69. The molecule has 3 rings (SSSR count). The van der Waals surface area contributed by atoms with Crippen LogP contribution in [-0.4, -0.2) is 23.2 Å².